The number of aliphatic hydroxyl groups excluding tert-OH is 3. The molecule has 6 nitrogen and oxygen atoms in total. The molecule has 0 aliphatic rings. The summed E-state index contributed by atoms with van der Waals surface area (Å²) in [4.78, 5) is 11.6. The molecule has 0 aliphatic heterocycles. The van der Waals surface area contributed by atoms with Crippen molar-refractivity contribution in [3.05, 3.63) is 29.8 Å². The minimum Gasteiger partial charge on any atom is -0.430 e. The van der Waals surface area contributed by atoms with E-state index < -0.39 is 18.9 Å². The van der Waals surface area contributed by atoms with Gasteiger partial charge in [-0.15, -0.1) is 0 Å². The van der Waals surface area contributed by atoms with Crippen molar-refractivity contribution in [3.63, 3.8) is 0 Å². The van der Waals surface area contributed by atoms with Crippen molar-refractivity contribution in [3.8, 4) is 0 Å². The lowest BCUT2D eigenvalue weighted by Crippen LogP contribution is -2.21. The molecular weight excluding hydrogens is 262 g/mol. The van der Waals surface area contributed by atoms with E-state index in [0.29, 0.717) is 19.4 Å². The molecule has 0 saturated heterocycles. The first kappa shape index (κ1) is 16.4. The topological polar surface area (TPSA) is 99.0 Å². The zero-order valence-corrected chi connectivity index (χ0v) is 11.5. The maximum Gasteiger partial charge on any atom is 0.340 e. The van der Waals surface area contributed by atoms with Crippen LogP contribution in [0.1, 0.15) is 30.1 Å². The number of anilines is 1. The molecule has 0 radical (unpaired) electrons. The minimum absolute atomic E-state index is 0.276. The van der Waals surface area contributed by atoms with Gasteiger partial charge in [-0.05, 0) is 31.0 Å². The highest BCUT2D eigenvalue weighted by molar-refractivity contribution is 5.90. The van der Waals surface area contributed by atoms with Crippen LogP contribution in [0.2, 0.25) is 0 Å². The molecule has 1 rings (SSSR count). The van der Waals surface area contributed by atoms with E-state index in [1.807, 2.05) is 6.92 Å². The van der Waals surface area contributed by atoms with E-state index >= 15 is 0 Å². The first-order chi connectivity index (χ1) is 9.56. The first-order valence-corrected chi connectivity index (χ1v) is 6.58. The Morgan fingerprint density at radius 2 is 2.15 bits per heavy atom. The zero-order valence-electron chi connectivity index (χ0n) is 11.5. The Hall–Kier alpha value is -1.63. The number of nitrogens with one attached hydrogen (secondary N) is 1. The van der Waals surface area contributed by atoms with Gasteiger partial charge in [0.25, 0.3) is 0 Å². The number of esters is 1. The van der Waals surface area contributed by atoms with Crippen LogP contribution in [0.25, 0.3) is 0 Å². The maximum atomic E-state index is 11.6. The molecule has 0 spiro atoms. The van der Waals surface area contributed by atoms with Gasteiger partial charge in [0.05, 0.1) is 11.7 Å². The third-order valence-electron chi connectivity index (χ3n) is 2.78. The van der Waals surface area contributed by atoms with Gasteiger partial charge >= 0.3 is 5.97 Å². The lowest BCUT2D eigenvalue weighted by molar-refractivity contribution is -0.0903. The van der Waals surface area contributed by atoms with Crippen LogP contribution < -0.4 is 5.32 Å². The number of ether oxygens (including phenoxy) is 1. The van der Waals surface area contributed by atoms with Gasteiger partial charge in [0, 0.05) is 12.2 Å². The van der Waals surface area contributed by atoms with Gasteiger partial charge < -0.3 is 25.4 Å². The number of hydrogen-bond donors (Lipinski definition) is 4. The number of carbonyl (C=O) groups excluding carboxylic acids is 1. The summed E-state index contributed by atoms with van der Waals surface area (Å²) >= 11 is 0. The fraction of sp³-hybridized carbons (Fsp3) is 0.500. The van der Waals surface area contributed by atoms with Crippen molar-refractivity contribution >= 4 is 11.7 Å². The van der Waals surface area contributed by atoms with Crippen LogP contribution in [0, 0.1) is 0 Å². The Labute approximate surface area is 118 Å². The van der Waals surface area contributed by atoms with Crippen molar-refractivity contribution in [1.82, 2.24) is 0 Å². The summed E-state index contributed by atoms with van der Waals surface area (Å²) in [5.41, 5.74) is 1.000. The van der Waals surface area contributed by atoms with Crippen molar-refractivity contribution in [1.29, 1.82) is 0 Å². The van der Waals surface area contributed by atoms with Crippen molar-refractivity contribution in [2.75, 3.05) is 18.5 Å². The molecule has 6 heteroatoms. The van der Waals surface area contributed by atoms with Crippen LogP contribution in [0.5, 0.6) is 0 Å². The molecule has 0 bridgehead atoms. The van der Waals surface area contributed by atoms with Crippen LogP contribution in [-0.4, -0.2) is 46.8 Å². The summed E-state index contributed by atoms with van der Waals surface area (Å²) in [5.74, 6) is -0.705. The third-order valence-corrected chi connectivity index (χ3v) is 2.78. The Bertz CT molecular complexity index is 424. The Morgan fingerprint density at radius 3 is 2.80 bits per heavy atom. The van der Waals surface area contributed by atoms with Crippen LogP contribution in [0.3, 0.4) is 0 Å². The summed E-state index contributed by atoms with van der Waals surface area (Å²) < 4.78 is 4.60. The Kier molecular flexibility index (Phi) is 7.00. The highest BCUT2D eigenvalue weighted by atomic mass is 16.6. The highest BCUT2D eigenvalue weighted by Gasteiger charge is 2.12. The smallest absolute Gasteiger partial charge is 0.340 e. The number of rotatable bonds is 8. The molecule has 0 aromatic heterocycles. The molecular formula is C14H21NO5. The van der Waals surface area contributed by atoms with Gasteiger partial charge in [-0.1, -0.05) is 13.0 Å². The Balaban J connectivity index is 2.54. The molecule has 0 saturated carbocycles. The van der Waals surface area contributed by atoms with Crippen LogP contribution >= 0.6 is 0 Å². The maximum absolute atomic E-state index is 11.6. The SMILES string of the molecule is CCC(O)CCNc1cccc(C(=O)OC(O)CO)c1. The second-order valence-corrected chi connectivity index (χ2v) is 4.40. The molecule has 0 aliphatic carbocycles. The van der Waals surface area contributed by atoms with Gasteiger partial charge in [-0.3, -0.25) is 0 Å². The second kappa shape index (κ2) is 8.52. The summed E-state index contributed by atoms with van der Waals surface area (Å²) in [5, 5.41) is 30.2. The standard InChI is InChI=1S/C14H21NO5/c1-2-12(17)6-7-15-11-5-3-4-10(8-11)14(19)20-13(18)9-16/h3-5,8,12-13,15-18H,2,6-7,9H2,1H3. The molecule has 0 heterocycles. The molecule has 1 aromatic rings. The highest BCUT2D eigenvalue weighted by Crippen LogP contribution is 2.12. The molecule has 20 heavy (non-hydrogen) atoms. The van der Waals surface area contributed by atoms with Crippen molar-refractivity contribution in [2.45, 2.75) is 32.2 Å². The van der Waals surface area contributed by atoms with E-state index in [1.54, 1.807) is 24.3 Å². The molecule has 112 valence electrons. The van der Waals surface area contributed by atoms with Crippen molar-refractivity contribution < 1.29 is 24.9 Å². The average molecular weight is 283 g/mol. The fourth-order valence-corrected chi connectivity index (χ4v) is 1.57. The van der Waals surface area contributed by atoms with E-state index in [-0.39, 0.29) is 11.7 Å². The van der Waals surface area contributed by atoms with Crippen LogP contribution in [-0.2, 0) is 4.74 Å². The van der Waals surface area contributed by atoms with E-state index in [2.05, 4.69) is 10.1 Å². The fourth-order valence-electron chi connectivity index (χ4n) is 1.57. The predicted octanol–water partition coefficient (Wildman–Crippen LogP) is 0.727. The van der Waals surface area contributed by atoms with Gasteiger partial charge in [-0.2, -0.15) is 0 Å². The predicted molar refractivity (Wildman–Crippen MR) is 74.4 cm³/mol. The normalized spacial score (nSPS) is 13.6. The zero-order chi connectivity index (χ0) is 15.0. The largest absolute Gasteiger partial charge is 0.430 e. The molecule has 0 fully saturated rings. The lowest BCUT2D eigenvalue weighted by Gasteiger charge is -2.12. The second-order valence-electron chi connectivity index (χ2n) is 4.40. The van der Waals surface area contributed by atoms with Gasteiger partial charge in [0.1, 0.15) is 6.61 Å². The minimum atomic E-state index is -1.51. The number of carbonyl (C=O) groups is 1. The lowest BCUT2D eigenvalue weighted by atomic mass is 10.2. The van der Waals surface area contributed by atoms with E-state index in [1.165, 1.54) is 0 Å². The molecule has 2 unspecified atom stereocenters. The van der Waals surface area contributed by atoms with Crippen LogP contribution in [0.15, 0.2) is 24.3 Å². The van der Waals surface area contributed by atoms with Crippen LogP contribution in [0.4, 0.5) is 5.69 Å². The Morgan fingerprint density at radius 1 is 1.40 bits per heavy atom. The summed E-state index contributed by atoms with van der Waals surface area (Å²) in [6, 6.07) is 6.61. The van der Waals surface area contributed by atoms with Gasteiger partial charge in [0.15, 0.2) is 0 Å². The van der Waals surface area contributed by atoms with Gasteiger partial charge in [0.2, 0.25) is 6.29 Å². The molecule has 1 aromatic carbocycles. The summed E-state index contributed by atoms with van der Waals surface area (Å²) in [7, 11) is 0. The summed E-state index contributed by atoms with van der Waals surface area (Å²) in [6.07, 6.45) is -0.532. The molecule has 4 N–H and O–H groups in total. The summed E-state index contributed by atoms with van der Waals surface area (Å²) in [6.45, 7) is 1.86. The van der Waals surface area contributed by atoms with Crippen molar-refractivity contribution in [2.24, 2.45) is 0 Å². The van der Waals surface area contributed by atoms with E-state index in [0.717, 1.165) is 5.69 Å². The third kappa shape index (κ3) is 5.56. The quantitative estimate of drug-likeness (QED) is 0.414. The van der Waals surface area contributed by atoms with Gasteiger partial charge in [-0.25, -0.2) is 4.79 Å². The number of aliphatic hydroxyl groups is 3. The number of hydrogen-bond acceptors (Lipinski definition) is 6. The number of benzene rings is 1. The first-order valence-electron chi connectivity index (χ1n) is 6.58. The van der Waals surface area contributed by atoms with E-state index in [4.69, 9.17) is 10.2 Å². The molecule has 0 amide bonds. The monoisotopic (exact) mass is 283 g/mol. The van der Waals surface area contributed by atoms with E-state index in [9.17, 15) is 9.90 Å². The average Bonchev–Trinajstić information content (AvgIpc) is 2.47. The molecule has 2 atom stereocenters.